The second-order valence-electron chi connectivity index (χ2n) is 9.17. The van der Waals surface area contributed by atoms with E-state index in [0.29, 0.717) is 24.5 Å². The lowest BCUT2D eigenvalue weighted by Gasteiger charge is -2.40. The number of halogens is 2. The molecule has 1 saturated heterocycles. The zero-order valence-electron chi connectivity index (χ0n) is 18.9. The van der Waals surface area contributed by atoms with Gasteiger partial charge in [-0.25, -0.2) is 13.6 Å². The SMILES string of the molecule is O=C(Nc1cccc(F)c1)N1CC2(CCN(Cc3ccc([N+](=O)[O-])cc3)CC2)c2cc(F)ccc21. The van der Waals surface area contributed by atoms with E-state index in [1.807, 2.05) is 0 Å². The Morgan fingerprint density at radius 3 is 2.40 bits per heavy atom. The van der Waals surface area contributed by atoms with Crippen LogP contribution in [0.2, 0.25) is 0 Å². The van der Waals surface area contributed by atoms with Crippen LogP contribution in [0.3, 0.4) is 0 Å². The van der Waals surface area contributed by atoms with E-state index in [9.17, 15) is 23.7 Å². The Bertz CT molecular complexity index is 1270. The summed E-state index contributed by atoms with van der Waals surface area (Å²) in [5, 5.41) is 13.6. The molecule has 2 aliphatic heterocycles. The molecule has 1 N–H and O–H groups in total. The number of benzene rings is 3. The number of nitro groups is 1. The molecule has 7 nitrogen and oxygen atoms in total. The number of non-ortho nitro benzene ring substituents is 1. The van der Waals surface area contributed by atoms with E-state index >= 15 is 0 Å². The van der Waals surface area contributed by atoms with Crippen LogP contribution >= 0.6 is 0 Å². The monoisotopic (exact) mass is 478 g/mol. The summed E-state index contributed by atoms with van der Waals surface area (Å²) in [6.07, 6.45) is 1.47. The minimum absolute atomic E-state index is 0.0625. The molecule has 3 aromatic rings. The number of hydrogen-bond donors (Lipinski definition) is 1. The minimum Gasteiger partial charge on any atom is -0.307 e. The van der Waals surface area contributed by atoms with Crippen molar-refractivity contribution in [3.63, 3.8) is 0 Å². The van der Waals surface area contributed by atoms with E-state index in [4.69, 9.17) is 0 Å². The Balaban J connectivity index is 1.31. The second-order valence-corrected chi connectivity index (χ2v) is 9.17. The molecule has 0 aromatic heterocycles. The summed E-state index contributed by atoms with van der Waals surface area (Å²) >= 11 is 0. The fourth-order valence-corrected chi connectivity index (χ4v) is 5.13. The lowest BCUT2D eigenvalue weighted by molar-refractivity contribution is -0.384. The number of amides is 2. The maximum atomic E-state index is 14.3. The summed E-state index contributed by atoms with van der Waals surface area (Å²) in [4.78, 5) is 27.5. The van der Waals surface area contributed by atoms with Gasteiger partial charge in [0.15, 0.2) is 0 Å². The number of nitro benzene ring substituents is 1. The van der Waals surface area contributed by atoms with Gasteiger partial charge in [0.05, 0.1) is 4.92 Å². The molecule has 0 saturated carbocycles. The largest absolute Gasteiger partial charge is 0.326 e. The maximum Gasteiger partial charge on any atom is 0.326 e. The number of carbonyl (C=O) groups is 1. The lowest BCUT2D eigenvalue weighted by atomic mass is 9.74. The Labute approximate surface area is 201 Å². The van der Waals surface area contributed by atoms with Crippen LogP contribution in [0.5, 0.6) is 0 Å². The van der Waals surface area contributed by atoms with E-state index in [-0.39, 0.29) is 23.0 Å². The van der Waals surface area contributed by atoms with Gasteiger partial charge in [-0.05, 0) is 73.5 Å². The molecule has 0 radical (unpaired) electrons. The van der Waals surface area contributed by atoms with Gasteiger partial charge in [0.25, 0.3) is 5.69 Å². The Morgan fingerprint density at radius 2 is 1.71 bits per heavy atom. The average Bonchev–Trinajstić information content (AvgIpc) is 3.14. The summed E-state index contributed by atoms with van der Waals surface area (Å²) < 4.78 is 27.8. The second kappa shape index (κ2) is 9.07. The van der Waals surface area contributed by atoms with Gasteiger partial charge >= 0.3 is 6.03 Å². The molecule has 1 fully saturated rings. The Morgan fingerprint density at radius 1 is 1.00 bits per heavy atom. The molecule has 1 spiro atoms. The highest BCUT2D eigenvalue weighted by Gasteiger charge is 2.46. The van der Waals surface area contributed by atoms with Crippen molar-refractivity contribution < 1.29 is 18.5 Å². The maximum absolute atomic E-state index is 14.3. The van der Waals surface area contributed by atoms with Crippen LogP contribution in [0, 0.1) is 21.7 Å². The normalized spacial score (nSPS) is 16.8. The number of likely N-dealkylation sites (tertiary alicyclic amines) is 1. The zero-order valence-corrected chi connectivity index (χ0v) is 18.9. The first kappa shape index (κ1) is 22.9. The highest BCUT2D eigenvalue weighted by atomic mass is 19.1. The van der Waals surface area contributed by atoms with Gasteiger partial charge in [-0.1, -0.05) is 18.2 Å². The van der Waals surface area contributed by atoms with Crippen molar-refractivity contribution in [1.82, 2.24) is 4.90 Å². The Kier molecular flexibility index (Phi) is 5.94. The number of rotatable bonds is 4. The molecular weight excluding hydrogens is 454 g/mol. The van der Waals surface area contributed by atoms with Gasteiger partial charge < -0.3 is 5.32 Å². The van der Waals surface area contributed by atoms with Gasteiger partial charge in [0.2, 0.25) is 0 Å². The van der Waals surface area contributed by atoms with Gasteiger partial charge in [0.1, 0.15) is 11.6 Å². The van der Waals surface area contributed by atoms with E-state index in [2.05, 4.69) is 10.2 Å². The van der Waals surface area contributed by atoms with Gasteiger partial charge in [-0.3, -0.25) is 19.9 Å². The zero-order chi connectivity index (χ0) is 24.6. The summed E-state index contributed by atoms with van der Waals surface area (Å²) in [7, 11) is 0. The number of nitrogens with one attached hydrogen (secondary N) is 1. The van der Waals surface area contributed by atoms with Crippen LogP contribution in [-0.2, 0) is 12.0 Å². The average molecular weight is 478 g/mol. The number of hydrogen-bond acceptors (Lipinski definition) is 4. The van der Waals surface area contributed by atoms with Crippen molar-refractivity contribution in [2.75, 3.05) is 29.9 Å². The van der Waals surface area contributed by atoms with E-state index in [1.54, 1.807) is 29.2 Å². The van der Waals surface area contributed by atoms with Crippen LogP contribution in [0.25, 0.3) is 0 Å². The van der Waals surface area contributed by atoms with Crippen LogP contribution < -0.4 is 10.2 Å². The number of urea groups is 1. The van der Waals surface area contributed by atoms with Crippen LogP contribution in [0.15, 0.2) is 66.7 Å². The van der Waals surface area contributed by atoms with Gasteiger partial charge in [-0.15, -0.1) is 0 Å². The Hall–Kier alpha value is -3.85. The predicted octanol–water partition coefficient (Wildman–Crippen LogP) is 5.46. The predicted molar refractivity (Wildman–Crippen MR) is 128 cm³/mol. The van der Waals surface area contributed by atoms with Crippen molar-refractivity contribution in [3.8, 4) is 0 Å². The first-order valence-corrected chi connectivity index (χ1v) is 11.4. The summed E-state index contributed by atoms with van der Waals surface area (Å²) in [5.41, 5.74) is 2.53. The van der Waals surface area contributed by atoms with Crippen molar-refractivity contribution >= 4 is 23.1 Å². The molecule has 0 atom stereocenters. The molecule has 2 heterocycles. The summed E-state index contributed by atoms with van der Waals surface area (Å²) in [6, 6.07) is 16.4. The van der Waals surface area contributed by atoms with Gasteiger partial charge in [-0.2, -0.15) is 0 Å². The van der Waals surface area contributed by atoms with Crippen LogP contribution in [-0.4, -0.2) is 35.5 Å². The minimum atomic E-state index is -0.441. The first-order valence-electron chi connectivity index (χ1n) is 11.4. The van der Waals surface area contributed by atoms with Crippen LogP contribution in [0.1, 0.15) is 24.0 Å². The van der Waals surface area contributed by atoms with Crippen molar-refractivity contribution in [2.24, 2.45) is 0 Å². The fourth-order valence-electron chi connectivity index (χ4n) is 5.13. The summed E-state index contributed by atoms with van der Waals surface area (Å²) in [6.45, 7) is 2.56. The highest BCUT2D eigenvalue weighted by Crippen LogP contribution is 2.47. The molecule has 2 aliphatic rings. The standard InChI is InChI=1S/C26H24F2N4O3/c27-19-2-1-3-21(14-19)29-25(33)31-17-26(23-15-20(28)6-9-24(23)31)10-12-30(13-11-26)16-18-4-7-22(8-5-18)32(34)35/h1-9,14-15H,10-13,16-17H2,(H,29,33). The smallest absolute Gasteiger partial charge is 0.307 e. The third-order valence-corrected chi connectivity index (χ3v) is 6.97. The molecule has 35 heavy (non-hydrogen) atoms. The lowest BCUT2D eigenvalue weighted by Crippen LogP contribution is -2.46. The summed E-state index contributed by atoms with van der Waals surface area (Å²) in [5.74, 6) is -0.785. The molecule has 0 bridgehead atoms. The molecule has 3 aromatic carbocycles. The number of fused-ring (bicyclic) bond motifs is 2. The van der Waals surface area contributed by atoms with E-state index in [1.165, 1.54) is 42.5 Å². The topological polar surface area (TPSA) is 78.7 Å². The number of anilines is 2. The molecule has 2 amide bonds. The molecule has 9 heteroatoms. The molecular formula is C26H24F2N4O3. The number of carbonyl (C=O) groups excluding carboxylic acids is 1. The molecule has 5 rings (SSSR count). The number of nitrogens with zero attached hydrogens (tertiary/aromatic N) is 3. The van der Waals surface area contributed by atoms with Crippen molar-refractivity contribution in [2.45, 2.75) is 24.8 Å². The van der Waals surface area contributed by atoms with E-state index in [0.717, 1.165) is 37.1 Å². The number of piperidine rings is 1. The fraction of sp³-hybridized carbons (Fsp3) is 0.269. The molecule has 0 unspecified atom stereocenters. The first-order chi connectivity index (χ1) is 16.8. The molecule has 0 aliphatic carbocycles. The van der Waals surface area contributed by atoms with Crippen LogP contribution in [0.4, 0.5) is 30.6 Å². The van der Waals surface area contributed by atoms with Gasteiger partial charge in [0, 0.05) is 42.0 Å². The molecule has 180 valence electrons. The van der Waals surface area contributed by atoms with E-state index < -0.39 is 10.7 Å². The third-order valence-electron chi connectivity index (χ3n) is 6.97. The van der Waals surface area contributed by atoms with Crippen molar-refractivity contribution in [1.29, 1.82) is 0 Å². The third kappa shape index (κ3) is 4.59. The quantitative estimate of drug-likeness (QED) is 0.399. The van der Waals surface area contributed by atoms with Crippen molar-refractivity contribution in [3.05, 3.63) is 99.6 Å². The highest BCUT2D eigenvalue weighted by molar-refractivity contribution is 6.03.